The summed E-state index contributed by atoms with van der Waals surface area (Å²) in [5, 5.41) is 6.93. The van der Waals surface area contributed by atoms with Crippen molar-refractivity contribution < 1.29 is 4.74 Å². The van der Waals surface area contributed by atoms with Gasteiger partial charge in [-0.2, -0.15) is 0 Å². The van der Waals surface area contributed by atoms with E-state index in [4.69, 9.17) is 4.74 Å². The molecule has 0 aliphatic carbocycles. The Morgan fingerprint density at radius 3 is 2.54 bits per heavy atom. The zero-order chi connectivity index (χ0) is 16.2. The summed E-state index contributed by atoms with van der Waals surface area (Å²) >= 11 is 0. The van der Waals surface area contributed by atoms with E-state index in [0.29, 0.717) is 18.2 Å². The molecule has 0 amide bonds. The summed E-state index contributed by atoms with van der Waals surface area (Å²) in [6.45, 7) is 0.878. The predicted octanol–water partition coefficient (Wildman–Crippen LogP) is 2.40. The first-order valence-electron chi connectivity index (χ1n) is 8.54. The van der Waals surface area contributed by atoms with Crippen LogP contribution in [0.3, 0.4) is 0 Å². The molecule has 2 aliphatic heterocycles. The lowest BCUT2D eigenvalue weighted by molar-refractivity contribution is 0.0992. The lowest BCUT2D eigenvalue weighted by Gasteiger charge is -2.22. The Balaban J connectivity index is 0.00000208. The monoisotopic (exact) mass is 444 g/mol. The Morgan fingerprint density at radius 2 is 2.00 bits per heavy atom. The maximum atomic E-state index is 5.89. The fraction of sp³-hybridized carbons (Fsp3) is 0.611. The van der Waals surface area contributed by atoms with Gasteiger partial charge in [0.05, 0.1) is 18.2 Å². The largest absolute Gasteiger partial charge is 0.378 e. The summed E-state index contributed by atoms with van der Waals surface area (Å²) < 4.78 is 5.89. The molecule has 1 aromatic rings. The molecular formula is C18H29IN4O. The number of halogens is 1. The van der Waals surface area contributed by atoms with E-state index in [9.17, 15) is 0 Å². The minimum atomic E-state index is 0. The predicted molar refractivity (Wildman–Crippen MR) is 111 cm³/mol. The number of nitrogens with one attached hydrogen (secondary N) is 2. The molecule has 2 bridgehead atoms. The summed E-state index contributed by atoms with van der Waals surface area (Å²) in [5.41, 5.74) is 2.57. The van der Waals surface area contributed by atoms with E-state index in [1.807, 2.05) is 7.05 Å². The second-order valence-corrected chi connectivity index (χ2v) is 6.67. The van der Waals surface area contributed by atoms with E-state index in [1.54, 1.807) is 0 Å². The summed E-state index contributed by atoms with van der Waals surface area (Å²) in [4.78, 5) is 6.45. The molecule has 0 saturated carbocycles. The van der Waals surface area contributed by atoms with E-state index >= 15 is 0 Å². The normalized spacial score (nSPS) is 25.3. The molecular weight excluding hydrogens is 415 g/mol. The molecule has 2 fully saturated rings. The number of anilines is 1. The van der Waals surface area contributed by atoms with E-state index in [-0.39, 0.29) is 24.0 Å². The van der Waals surface area contributed by atoms with Crippen LogP contribution in [0.2, 0.25) is 0 Å². The molecule has 0 radical (unpaired) electrons. The molecule has 2 heterocycles. The first kappa shape index (κ1) is 19.3. The highest BCUT2D eigenvalue weighted by Gasteiger charge is 2.41. The standard InChI is InChI=1S/C18H28N4O.HI/c1-19-18(21-16-12-15-8-9-17(16)23-15)20-11-10-13-4-6-14(7-5-13)22(2)3;/h4-7,15-17H,8-12H2,1-3H3,(H2,19,20,21);1H. The molecule has 3 unspecified atom stereocenters. The van der Waals surface area contributed by atoms with Gasteiger partial charge in [0, 0.05) is 33.4 Å². The first-order valence-corrected chi connectivity index (χ1v) is 8.54. The SMILES string of the molecule is CN=C(NCCc1ccc(N(C)C)cc1)NC1CC2CCC1O2.I. The van der Waals surface area contributed by atoms with Gasteiger partial charge >= 0.3 is 0 Å². The van der Waals surface area contributed by atoms with Crippen LogP contribution in [0.1, 0.15) is 24.8 Å². The number of aliphatic imine (C=N–C) groups is 1. The van der Waals surface area contributed by atoms with Gasteiger partial charge in [-0.15, -0.1) is 24.0 Å². The van der Waals surface area contributed by atoms with Crippen molar-refractivity contribution in [1.29, 1.82) is 0 Å². The van der Waals surface area contributed by atoms with Crippen LogP contribution < -0.4 is 15.5 Å². The zero-order valence-electron chi connectivity index (χ0n) is 14.8. The van der Waals surface area contributed by atoms with Gasteiger partial charge in [0.15, 0.2) is 5.96 Å². The second-order valence-electron chi connectivity index (χ2n) is 6.67. The molecule has 1 aromatic carbocycles. The Hall–Kier alpha value is -1.02. The van der Waals surface area contributed by atoms with Crippen molar-refractivity contribution in [1.82, 2.24) is 10.6 Å². The average molecular weight is 444 g/mol. The van der Waals surface area contributed by atoms with Gasteiger partial charge < -0.3 is 20.3 Å². The summed E-state index contributed by atoms with van der Waals surface area (Å²) in [5.74, 6) is 0.885. The quantitative estimate of drug-likeness (QED) is 0.416. The molecule has 0 spiro atoms. The van der Waals surface area contributed by atoms with E-state index in [1.165, 1.54) is 24.1 Å². The average Bonchev–Trinajstić information content (AvgIpc) is 3.17. The van der Waals surface area contributed by atoms with Crippen LogP contribution in [0.15, 0.2) is 29.3 Å². The zero-order valence-corrected chi connectivity index (χ0v) is 17.1. The Morgan fingerprint density at radius 1 is 1.25 bits per heavy atom. The number of hydrogen-bond donors (Lipinski definition) is 2. The van der Waals surface area contributed by atoms with Crippen molar-refractivity contribution in [2.75, 3.05) is 32.6 Å². The molecule has 3 atom stereocenters. The third-order valence-electron chi connectivity index (χ3n) is 4.81. The fourth-order valence-electron chi connectivity index (χ4n) is 3.45. The highest BCUT2D eigenvalue weighted by molar-refractivity contribution is 14.0. The molecule has 3 rings (SSSR count). The maximum absolute atomic E-state index is 5.89. The third-order valence-corrected chi connectivity index (χ3v) is 4.81. The minimum Gasteiger partial charge on any atom is -0.378 e. The summed E-state index contributed by atoms with van der Waals surface area (Å²) in [6, 6.07) is 9.12. The molecule has 134 valence electrons. The molecule has 2 saturated heterocycles. The number of hydrogen-bond acceptors (Lipinski definition) is 3. The smallest absolute Gasteiger partial charge is 0.191 e. The Bertz CT molecular complexity index is 546. The van der Waals surface area contributed by atoms with E-state index in [0.717, 1.165) is 25.3 Å². The first-order chi connectivity index (χ1) is 11.2. The number of benzene rings is 1. The highest BCUT2D eigenvalue weighted by atomic mass is 127. The van der Waals surface area contributed by atoms with Crippen LogP contribution in [0.4, 0.5) is 5.69 Å². The van der Waals surface area contributed by atoms with Crippen molar-refractivity contribution in [3.63, 3.8) is 0 Å². The molecule has 24 heavy (non-hydrogen) atoms. The van der Waals surface area contributed by atoms with Gasteiger partial charge in [-0.3, -0.25) is 4.99 Å². The van der Waals surface area contributed by atoms with Gasteiger partial charge in [-0.25, -0.2) is 0 Å². The summed E-state index contributed by atoms with van der Waals surface area (Å²) in [6.07, 6.45) is 5.33. The van der Waals surface area contributed by atoms with Crippen molar-refractivity contribution in [3.8, 4) is 0 Å². The van der Waals surface area contributed by atoms with Crippen LogP contribution in [-0.4, -0.2) is 51.9 Å². The molecule has 2 N–H and O–H groups in total. The number of rotatable bonds is 5. The topological polar surface area (TPSA) is 48.9 Å². The van der Waals surface area contributed by atoms with Crippen LogP contribution in [0.5, 0.6) is 0 Å². The maximum Gasteiger partial charge on any atom is 0.191 e. The van der Waals surface area contributed by atoms with Crippen LogP contribution in [0.25, 0.3) is 0 Å². The summed E-state index contributed by atoms with van der Waals surface area (Å²) in [7, 11) is 5.95. The lowest BCUT2D eigenvalue weighted by Crippen LogP contribution is -2.47. The Labute approximate surface area is 162 Å². The lowest BCUT2D eigenvalue weighted by atomic mass is 9.96. The van der Waals surface area contributed by atoms with E-state index in [2.05, 4.69) is 58.9 Å². The van der Waals surface area contributed by atoms with Crippen LogP contribution in [0, 0.1) is 0 Å². The minimum absolute atomic E-state index is 0. The third kappa shape index (κ3) is 4.75. The van der Waals surface area contributed by atoms with Crippen LogP contribution in [-0.2, 0) is 11.2 Å². The molecule has 2 aliphatic rings. The van der Waals surface area contributed by atoms with Crippen molar-refractivity contribution >= 4 is 35.6 Å². The van der Waals surface area contributed by atoms with Crippen molar-refractivity contribution in [2.24, 2.45) is 4.99 Å². The van der Waals surface area contributed by atoms with Gasteiger partial charge in [0.2, 0.25) is 0 Å². The fourth-order valence-corrected chi connectivity index (χ4v) is 3.45. The Kier molecular flexibility index (Phi) is 7.16. The highest BCUT2D eigenvalue weighted by Crippen LogP contribution is 2.34. The van der Waals surface area contributed by atoms with Crippen molar-refractivity contribution in [3.05, 3.63) is 29.8 Å². The number of ether oxygens (including phenoxy) is 1. The van der Waals surface area contributed by atoms with Crippen molar-refractivity contribution in [2.45, 2.75) is 43.9 Å². The van der Waals surface area contributed by atoms with E-state index < -0.39 is 0 Å². The number of fused-ring (bicyclic) bond motifs is 2. The van der Waals surface area contributed by atoms with Gasteiger partial charge in [-0.05, 0) is 43.4 Å². The second kappa shape index (κ2) is 8.89. The molecule has 5 nitrogen and oxygen atoms in total. The molecule has 0 aromatic heterocycles. The molecule has 6 heteroatoms. The number of nitrogens with zero attached hydrogens (tertiary/aromatic N) is 2. The number of guanidine groups is 1. The van der Waals surface area contributed by atoms with Gasteiger partial charge in [0.1, 0.15) is 0 Å². The van der Waals surface area contributed by atoms with Crippen LogP contribution >= 0.6 is 24.0 Å². The van der Waals surface area contributed by atoms with Gasteiger partial charge in [0.25, 0.3) is 0 Å². The van der Waals surface area contributed by atoms with Gasteiger partial charge in [-0.1, -0.05) is 12.1 Å².